The molecule has 0 aromatic rings. The smallest absolute Gasteiger partial charge is 0.206 e. The largest absolute Gasteiger partial charge is 0.261 e. The molecular formula is C20H36F2. The highest BCUT2D eigenvalue weighted by atomic mass is 19.3. The third kappa shape index (κ3) is 13.1. The van der Waals surface area contributed by atoms with Gasteiger partial charge in [-0.05, 0) is 6.42 Å². The van der Waals surface area contributed by atoms with Gasteiger partial charge in [-0.25, -0.2) is 8.78 Å². The Bertz CT molecular complexity index is 297. The van der Waals surface area contributed by atoms with E-state index in [4.69, 9.17) is 0 Å². The van der Waals surface area contributed by atoms with Crippen LogP contribution in [-0.4, -0.2) is 5.92 Å². The highest BCUT2D eigenvalue weighted by molar-refractivity contribution is 5.02. The van der Waals surface area contributed by atoms with Crippen molar-refractivity contribution in [1.82, 2.24) is 0 Å². The van der Waals surface area contributed by atoms with Crippen LogP contribution in [-0.2, 0) is 0 Å². The predicted octanol–water partition coefficient (Wildman–Crippen LogP) is 7.37. The van der Waals surface area contributed by atoms with E-state index in [0.29, 0.717) is 0 Å². The van der Waals surface area contributed by atoms with Gasteiger partial charge >= 0.3 is 0 Å². The van der Waals surface area contributed by atoms with Crippen molar-refractivity contribution < 1.29 is 8.78 Å². The summed E-state index contributed by atoms with van der Waals surface area (Å²) in [6.45, 7) is 5.34. The summed E-state index contributed by atoms with van der Waals surface area (Å²) in [5.41, 5.74) is 0. The molecule has 22 heavy (non-hydrogen) atoms. The summed E-state index contributed by atoms with van der Waals surface area (Å²) in [6, 6.07) is 0. The van der Waals surface area contributed by atoms with Gasteiger partial charge in [0.1, 0.15) is 0 Å². The first-order valence-corrected chi connectivity index (χ1v) is 9.34. The summed E-state index contributed by atoms with van der Waals surface area (Å²) in [4.78, 5) is 0. The van der Waals surface area contributed by atoms with E-state index in [2.05, 4.69) is 18.8 Å². The summed E-state index contributed by atoms with van der Waals surface area (Å²) in [5.74, 6) is 2.28. The Kier molecular flexibility index (Phi) is 13.7. The molecule has 0 aliphatic carbocycles. The van der Waals surface area contributed by atoms with Gasteiger partial charge < -0.3 is 0 Å². The molecule has 0 saturated carbocycles. The molecule has 0 unspecified atom stereocenters. The molecule has 0 aliphatic rings. The fraction of sp³-hybridized carbons (Fsp3) is 0.900. The molecule has 0 N–H and O–H groups in total. The van der Waals surface area contributed by atoms with Crippen LogP contribution in [0.15, 0.2) is 0 Å². The second-order valence-electron chi connectivity index (χ2n) is 6.73. The Morgan fingerprint density at radius 2 is 1.18 bits per heavy atom. The molecule has 0 nitrogen and oxygen atoms in total. The monoisotopic (exact) mass is 314 g/mol. The molecule has 0 heterocycles. The lowest BCUT2D eigenvalue weighted by molar-refractivity contribution is -0.0393. The zero-order chi connectivity index (χ0) is 16.7. The Labute approximate surface area is 137 Å². The zero-order valence-electron chi connectivity index (χ0n) is 15.0. The number of unbranched alkanes of at least 4 members (excludes halogenated alkanes) is 11. The molecule has 0 radical (unpaired) electrons. The lowest BCUT2D eigenvalue weighted by Crippen LogP contribution is -2.22. The number of rotatable bonds is 13. The Morgan fingerprint density at radius 3 is 1.64 bits per heavy atom. The molecule has 130 valence electrons. The fourth-order valence-corrected chi connectivity index (χ4v) is 2.35. The topological polar surface area (TPSA) is 0 Å². The second-order valence-corrected chi connectivity index (χ2v) is 6.73. The van der Waals surface area contributed by atoms with E-state index in [-0.39, 0.29) is 6.42 Å². The van der Waals surface area contributed by atoms with Crippen LogP contribution >= 0.6 is 0 Å². The van der Waals surface area contributed by atoms with E-state index < -0.39 is 11.8 Å². The summed E-state index contributed by atoms with van der Waals surface area (Å²) in [5, 5.41) is 0. The van der Waals surface area contributed by atoms with E-state index >= 15 is 0 Å². The maximum atomic E-state index is 13.3. The lowest BCUT2D eigenvalue weighted by atomic mass is 10.0. The Hall–Kier alpha value is -0.580. The highest BCUT2D eigenvalue weighted by Gasteiger charge is 2.31. The van der Waals surface area contributed by atoms with Gasteiger partial charge in [0, 0.05) is 12.3 Å². The predicted molar refractivity (Wildman–Crippen MR) is 93.3 cm³/mol. The van der Waals surface area contributed by atoms with Gasteiger partial charge in [-0.3, -0.25) is 0 Å². The molecular weight excluding hydrogens is 278 g/mol. The molecule has 0 rings (SSSR count). The van der Waals surface area contributed by atoms with Crippen LogP contribution < -0.4 is 0 Å². The van der Waals surface area contributed by atoms with Gasteiger partial charge in [-0.15, -0.1) is 5.92 Å². The molecule has 0 atom stereocenters. The van der Waals surface area contributed by atoms with Crippen molar-refractivity contribution in [3.8, 4) is 11.8 Å². The van der Waals surface area contributed by atoms with Crippen LogP contribution in [0.1, 0.15) is 104 Å². The minimum atomic E-state index is -2.63. The normalized spacial score (nSPS) is 11.5. The molecule has 0 aromatic heterocycles. The van der Waals surface area contributed by atoms with Crippen LogP contribution in [0.25, 0.3) is 0 Å². The SMILES string of the molecule is CCCCCCCCCCCCCC#CCC(F)(F)C(C)C. The van der Waals surface area contributed by atoms with Crippen molar-refractivity contribution in [2.75, 3.05) is 0 Å². The van der Waals surface area contributed by atoms with E-state index in [0.717, 1.165) is 12.8 Å². The number of alkyl halides is 2. The number of hydrogen-bond donors (Lipinski definition) is 0. The minimum Gasteiger partial charge on any atom is -0.206 e. The second kappa shape index (κ2) is 14.0. The standard InChI is InChI=1S/C20H36F2/c1-4-5-6-7-8-9-10-11-12-13-14-15-16-17-18-20(21,22)19(2)3/h19H,4-15,18H2,1-3H3. The maximum absolute atomic E-state index is 13.3. The van der Waals surface area contributed by atoms with Gasteiger partial charge in [0.15, 0.2) is 0 Å². The van der Waals surface area contributed by atoms with Crippen LogP contribution in [0, 0.1) is 17.8 Å². The highest BCUT2D eigenvalue weighted by Crippen LogP contribution is 2.26. The van der Waals surface area contributed by atoms with Gasteiger partial charge in [-0.1, -0.05) is 90.9 Å². The molecule has 0 bridgehead atoms. The van der Waals surface area contributed by atoms with E-state index in [1.807, 2.05) is 0 Å². The van der Waals surface area contributed by atoms with Crippen molar-refractivity contribution in [2.24, 2.45) is 5.92 Å². The molecule has 2 heteroatoms. The first-order chi connectivity index (χ1) is 10.5. The zero-order valence-corrected chi connectivity index (χ0v) is 15.0. The van der Waals surface area contributed by atoms with Crippen molar-refractivity contribution >= 4 is 0 Å². The first kappa shape index (κ1) is 21.4. The average molecular weight is 315 g/mol. The summed E-state index contributed by atoms with van der Waals surface area (Å²) in [6.07, 6.45) is 14.9. The molecule has 0 aliphatic heterocycles. The minimum absolute atomic E-state index is 0.289. The Morgan fingerprint density at radius 1 is 0.727 bits per heavy atom. The van der Waals surface area contributed by atoms with Crippen molar-refractivity contribution in [2.45, 2.75) is 110 Å². The third-order valence-electron chi connectivity index (χ3n) is 4.20. The third-order valence-corrected chi connectivity index (χ3v) is 4.20. The lowest BCUT2D eigenvalue weighted by Gasteiger charge is -2.16. The van der Waals surface area contributed by atoms with Gasteiger partial charge in [0.25, 0.3) is 5.92 Å². The molecule has 0 amide bonds. The van der Waals surface area contributed by atoms with Gasteiger partial charge in [-0.2, -0.15) is 0 Å². The van der Waals surface area contributed by atoms with Crippen LogP contribution in [0.3, 0.4) is 0 Å². The number of halogens is 2. The Balaban J connectivity index is 3.31. The van der Waals surface area contributed by atoms with Gasteiger partial charge in [0.2, 0.25) is 0 Å². The van der Waals surface area contributed by atoms with Crippen LogP contribution in [0.4, 0.5) is 8.78 Å². The van der Waals surface area contributed by atoms with Crippen molar-refractivity contribution in [1.29, 1.82) is 0 Å². The van der Waals surface area contributed by atoms with E-state index in [1.165, 1.54) is 64.2 Å². The van der Waals surface area contributed by atoms with Gasteiger partial charge in [0.05, 0.1) is 6.42 Å². The summed E-state index contributed by atoms with van der Waals surface area (Å²) in [7, 11) is 0. The van der Waals surface area contributed by atoms with Crippen molar-refractivity contribution in [3.63, 3.8) is 0 Å². The molecule has 0 aromatic carbocycles. The van der Waals surface area contributed by atoms with Crippen LogP contribution in [0.2, 0.25) is 0 Å². The quantitative estimate of drug-likeness (QED) is 0.246. The van der Waals surface area contributed by atoms with E-state index in [1.54, 1.807) is 13.8 Å². The van der Waals surface area contributed by atoms with Crippen molar-refractivity contribution in [3.05, 3.63) is 0 Å². The molecule has 0 spiro atoms. The maximum Gasteiger partial charge on any atom is 0.261 e. The average Bonchev–Trinajstić information content (AvgIpc) is 2.47. The van der Waals surface area contributed by atoms with Crippen LogP contribution in [0.5, 0.6) is 0 Å². The number of hydrogen-bond acceptors (Lipinski definition) is 0. The summed E-state index contributed by atoms with van der Waals surface area (Å²) < 4.78 is 26.6. The molecule has 0 fully saturated rings. The fourth-order valence-electron chi connectivity index (χ4n) is 2.35. The van der Waals surface area contributed by atoms with E-state index in [9.17, 15) is 8.78 Å². The first-order valence-electron chi connectivity index (χ1n) is 9.34. The molecule has 0 saturated heterocycles. The summed E-state index contributed by atoms with van der Waals surface area (Å²) >= 11 is 0.